The number of carbonyl (C=O) groups is 1. The van der Waals surface area contributed by atoms with Gasteiger partial charge in [-0.05, 0) is 64.2 Å². The van der Waals surface area contributed by atoms with Crippen molar-refractivity contribution in [2.75, 3.05) is 51.6 Å². The van der Waals surface area contributed by atoms with Crippen molar-refractivity contribution >= 4 is 53.2 Å². The number of hydrogen-bond donors (Lipinski definition) is 0. The van der Waals surface area contributed by atoms with Crippen molar-refractivity contribution in [1.29, 1.82) is 0 Å². The summed E-state index contributed by atoms with van der Waals surface area (Å²) in [6.07, 6.45) is 1.76. The molecule has 34 heavy (non-hydrogen) atoms. The highest BCUT2D eigenvalue weighted by atomic mass is 32.2. The summed E-state index contributed by atoms with van der Waals surface area (Å²) in [6, 6.07) is 0.591. The lowest BCUT2D eigenvalue weighted by molar-refractivity contribution is -0.144. The van der Waals surface area contributed by atoms with E-state index < -0.39 is 17.6 Å². The van der Waals surface area contributed by atoms with Crippen LogP contribution in [0.1, 0.15) is 40.0 Å². The average Bonchev–Trinajstić information content (AvgIpc) is 2.79. The van der Waals surface area contributed by atoms with E-state index >= 15 is 0 Å². The highest BCUT2D eigenvalue weighted by Gasteiger charge is 2.39. The van der Waals surface area contributed by atoms with Gasteiger partial charge in [-0.1, -0.05) is 0 Å². The fourth-order valence-corrected chi connectivity index (χ4v) is 7.98. The number of rotatable bonds is 21. The van der Waals surface area contributed by atoms with Crippen LogP contribution in [0.25, 0.3) is 0 Å². The van der Waals surface area contributed by atoms with Gasteiger partial charge in [0.15, 0.2) is 8.80 Å². The molecule has 9 nitrogen and oxygen atoms in total. The standard InChI is InChI=1S/C22H37NO8SSi2/c1-5-29-34(30-6-2,31-7-3)17-9-13-28-22(27)18-23(4)20-32-14-8-10-21(19-26)33(15-11-24)16-12-25/h15-16,33H,5-10,13-14,17-18,20H2,1-4H3. The summed E-state index contributed by atoms with van der Waals surface area (Å²) in [4.78, 5) is 46.2. The molecule has 0 aliphatic heterocycles. The Morgan fingerprint density at radius 1 is 1.00 bits per heavy atom. The Morgan fingerprint density at radius 2 is 1.59 bits per heavy atom. The topological polar surface area (TPSA) is 108 Å². The van der Waals surface area contributed by atoms with E-state index in [9.17, 15) is 19.2 Å². The first-order valence-electron chi connectivity index (χ1n) is 11.4. The zero-order chi connectivity index (χ0) is 25.7. The van der Waals surface area contributed by atoms with E-state index in [0.717, 1.165) is 5.75 Å². The second-order valence-corrected chi connectivity index (χ2v) is 13.4. The molecule has 0 spiro atoms. The third-order valence-corrected chi connectivity index (χ3v) is 11.0. The second-order valence-electron chi connectivity index (χ2n) is 7.18. The monoisotopic (exact) mass is 531 g/mol. The van der Waals surface area contributed by atoms with Gasteiger partial charge < -0.3 is 18.0 Å². The number of esters is 1. The molecule has 0 rings (SSSR count). The van der Waals surface area contributed by atoms with Crippen LogP contribution in [0.2, 0.25) is 6.04 Å². The molecule has 0 aromatic carbocycles. The summed E-state index contributed by atoms with van der Waals surface area (Å²) >= 11 is 1.61. The second kappa shape index (κ2) is 20.8. The minimum absolute atomic E-state index is 0.167. The zero-order valence-electron chi connectivity index (χ0n) is 20.6. The van der Waals surface area contributed by atoms with Crippen LogP contribution in [-0.4, -0.2) is 97.9 Å². The molecule has 0 fully saturated rings. The van der Waals surface area contributed by atoms with Crippen molar-refractivity contribution in [1.82, 2.24) is 4.90 Å². The first-order valence-corrected chi connectivity index (χ1v) is 16.4. The molecular formula is C22H37NO8SSi2. The minimum atomic E-state index is -2.72. The van der Waals surface area contributed by atoms with Gasteiger partial charge in [0.1, 0.15) is 17.8 Å². The van der Waals surface area contributed by atoms with Crippen molar-refractivity contribution in [3.8, 4) is 0 Å². The number of nitrogens with zero attached hydrogens (tertiary/aromatic N) is 1. The van der Waals surface area contributed by atoms with E-state index in [0.29, 0.717) is 56.2 Å². The predicted octanol–water partition coefficient (Wildman–Crippen LogP) is 1.75. The SMILES string of the molecule is CCO[Si](CCCOC(=O)CN(C)CSCCCC(=C=O)[SiH](C=C=O)C=C=O)(OCC)OCC. The molecule has 0 N–H and O–H groups in total. The molecule has 0 amide bonds. The van der Waals surface area contributed by atoms with Crippen LogP contribution in [0.3, 0.4) is 0 Å². The number of carbonyl (C=O) groups excluding carboxylic acids is 4. The van der Waals surface area contributed by atoms with Crippen LogP contribution >= 0.6 is 11.8 Å². The van der Waals surface area contributed by atoms with Crippen molar-refractivity contribution in [3.05, 3.63) is 16.6 Å². The molecule has 0 saturated carbocycles. The summed E-state index contributed by atoms with van der Waals surface area (Å²) in [5.74, 6) is 6.22. The smallest absolute Gasteiger partial charge is 0.465 e. The first-order chi connectivity index (χ1) is 16.4. The lowest BCUT2D eigenvalue weighted by Gasteiger charge is -2.28. The Balaban J connectivity index is 4.23. The normalized spacial score (nSPS) is 11.8. The fourth-order valence-electron chi connectivity index (χ4n) is 3.05. The number of hydrogen-bond acceptors (Lipinski definition) is 10. The summed E-state index contributed by atoms with van der Waals surface area (Å²) in [7, 11) is -3.08. The lowest BCUT2D eigenvalue weighted by Crippen LogP contribution is -2.46. The van der Waals surface area contributed by atoms with Gasteiger partial charge in [-0.2, -0.15) is 0 Å². The van der Waals surface area contributed by atoms with Crippen LogP contribution in [0.5, 0.6) is 0 Å². The fraction of sp³-hybridized carbons (Fsp3) is 0.682. The maximum absolute atomic E-state index is 12.1. The maximum Gasteiger partial charge on any atom is 0.501 e. The maximum atomic E-state index is 12.1. The van der Waals surface area contributed by atoms with Crippen LogP contribution in [0.15, 0.2) is 16.6 Å². The molecule has 0 aliphatic rings. The van der Waals surface area contributed by atoms with E-state index in [1.165, 1.54) is 11.4 Å². The zero-order valence-corrected chi connectivity index (χ0v) is 23.6. The molecule has 0 aliphatic carbocycles. The third-order valence-electron chi connectivity index (χ3n) is 4.46. The highest BCUT2D eigenvalue weighted by Crippen LogP contribution is 2.18. The van der Waals surface area contributed by atoms with Gasteiger partial charge in [-0.3, -0.25) is 9.69 Å². The van der Waals surface area contributed by atoms with E-state index in [4.69, 9.17) is 18.0 Å². The Kier molecular flexibility index (Phi) is 19.8. The van der Waals surface area contributed by atoms with Crippen molar-refractivity contribution in [3.63, 3.8) is 0 Å². The Bertz CT molecular complexity index is 699. The quantitative estimate of drug-likeness (QED) is 0.0714. The largest absolute Gasteiger partial charge is 0.501 e. The molecule has 192 valence electrons. The van der Waals surface area contributed by atoms with E-state index in [1.54, 1.807) is 23.6 Å². The summed E-state index contributed by atoms with van der Waals surface area (Å²) in [5.41, 5.74) is 2.48. The van der Waals surface area contributed by atoms with Gasteiger partial charge in [0.05, 0.1) is 13.2 Å². The van der Waals surface area contributed by atoms with Crippen molar-refractivity contribution < 1.29 is 37.2 Å². The Labute approximate surface area is 209 Å². The van der Waals surface area contributed by atoms with E-state index in [1.807, 2.05) is 38.7 Å². The molecule has 0 bridgehead atoms. The molecule has 0 aromatic rings. The molecule has 0 aromatic heterocycles. The number of allylic oxidation sites excluding steroid dienone is 1. The molecule has 12 heteroatoms. The van der Waals surface area contributed by atoms with E-state index in [2.05, 4.69) is 0 Å². The molecule has 0 unspecified atom stereocenters. The first kappa shape index (κ1) is 32.4. The number of ether oxygens (including phenoxy) is 1. The Morgan fingerprint density at radius 3 is 2.09 bits per heavy atom. The highest BCUT2D eigenvalue weighted by molar-refractivity contribution is 7.99. The average molecular weight is 532 g/mol. The van der Waals surface area contributed by atoms with Crippen LogP contribution in [0.4, 0.5) is 0 Å². The number of thioether (sulfide) groups is 1. The molecular weight excluding hydrogens is 494 g/mol. The number of likely N-dealkylation sites (N-methyl/N-ethyl adjacent to an activating group) is 1. The van der Waals surface area contributed by atoms with Crippen LogP contribution in [0, 0.1) is 0 Å². The Hall–Kier alpha value is -1.56. The van der Waals surface area contributed by atoms with Gasteiger partial charge in [-0.25, -0.2) is 14.4 Å². The van der Waals surface area contributed by atoms with Crippen LogP contribution < -0.4 is 0 Å². The summed E-state index contributed by atoms with van der Waals surface area (Å²) < 4.78 is 22.7. The van der Waals surface area contributed by atoms with Gasteiger partial charge in [-0.15, -0.1) is 11.8 Å². The van der Waals surface area contributed by atoms with Crippen LogP contribution in [-0.2, 0) is 37.2 Å². The molecule has 0 heterocycles. The molecule has 0 radical (unpaired) electrons. The van der Waals surface area contributed by atoms with E-state index in [-0.39, 0.29) is 19.1 Å². The van der Waals surface area contributed by atoms with Crippen molar-refractivity contribution in [2.24, 2.45) is 0 Å². The third kappa shape index (κ3) is 14.7. The predicted molar refractivity (Wildman–Crippen MR) is 137 cm³/mol. The molecule has 0 saturated heterocycles. The summed E-state index contributed by atoms with van der Waals surface area (Å²) in [6.45, 7) is 7.68. The van der Waals surface area contributed by atoms with Gasteiger partial charge in [0.25, 0.3) is 0 Å². The van der Waals surface area contributed by atoms with Gasteiger partial charge in [0, 0.05) is 36.9 Å². The van der Waals surface area contributed by atoms with Crippen molar-refractivity contribution in [2.45, 2.75) is 46.1 Å². The van der Waals surface area contributed by atoms with Gasteiger partial charge >= 0.3 is 14.8 Å². The lowest BCUT2D eigenvalue weighted by atomic mass is 10.3. The van der Waals surface area contributed by atoms with Gasteiger partial charge in [0.2, 0.25) is 0 Å². The molecule has 0 atom stereocenters. The minimum Gasteiger partial charge on any atom is -0.465 e. The summed E-state index contributed by atoms with van der Waals surface area (Å²) in [5, 5.41) is 0.453.